The van der Waals surface area contributed by atoms with E-state index in [-0.39, 0.29) is 0 Å². The van der Waals surface area contributed by atoms with E-state index in [4.69, 9.17) is 4.74 Å². The number of methoxy groups -OCH3 is 1. The number of benzene rings is 1. The molecule has 1 saturated heterocycles. The highest BCUT2D eigenvalue weighted by atomic mass is 32.2. The number of nitrogens with zero attached hydrogens (tertiary/aromatic N) is 2. The van der Waals surface area contributed by atoms with Crippen molar-refractivity contribution in [2.24, 2.45) is 10.9 Å². The van der Waals surface area contributed by atoms with Crippen molar-refractivity contribution in [3.05, 3.63) is 29.8 Å². The van der Waals surface area contributed by atoms with Crippen LogP contribution in [0, 0.1) is 5.92 Å². The molecule has 1 aromatic rings. The molecule has 1 aliphatic heterocycles. The van der Waals surface area contributed by atoms with Crippen molar-refractivity contribution in [1.82, 2.24) is 15.5 Å². The molecule has 174 valence electrons. The molecular formula is C24H40N4O2S. The summed E-state index contributed by atoms with van der Waals surface area (Å²) in [6.07, 6.45) is 6.80. The molecule has 2 N–H and O–H groups in total. The van der Waals surface area contributed by atoms with Crippen LogP contribution in [0.2, 0.25) is 0 Å². The van der Waals surface area contributed by atoms with Gasteiger partial charge in [0.05, 0.1) is 7.11 Å². The van der Waals surface area contributed by atoms with Crippen LogP contribution >= 0.6 is 0 Å². The van der Waals surface area contributed by atoms with E-state index in [0.717, 1.165) is 69.3 Å². The molecular weight excluding hydrogens is 408 g/mol. The third-order valence-electron chi connectivity index (χ3n) is 6.68. The predicted molar refractivity (Wildman–Crippen MR) is 130 cm³/mol. The number of likely N-dealkylation sites (tertiary alicyclic amines) is 1. The van der Waals surface area contributed by atoms with Crippen molar-refractivity contribution in [3.63, 3.8) is 0 Å². The molecule has 0 radical (unpaired) electrons. The molecule has 6 nitrogen and oxygen atoms in total. The Morgan fingerprint density at radius 2 is 1.94 bits per heavy atom. The van der Waals surface area contributed by atoms with Crippen LogP contribution in [0.3, 0.4) is 0 Å². The molecule has 0 spiro atoms. The largest absolute Gasteiger partial charge is 0.497 e. The number of nitrogens with one attached hydrogen (secondary N) is 2. The van der Waals surface area contributed by atoms with Crippen LogP contribution in [0.15, 0.2) is 29.3 Å². The topological polar surface area (TPSA) is 66.0 Å². The monoisotopic (exact) mass is 448 g/mol. The van der Waals surface area contributed by atoms with E-state index < -0.39 is 10.8 Å². The minimum atomic E-state index is -0.690. The molecule has 0 bridgehead atoms. The number of ether oxygens (including phenoxy) is 1. The first-order valence-corrected chi connectivity index (χ1v) is 13.2. The summed E-state index contributed by atoms with van der Waals surface area (Å²) in [7, 11) is 2.86. The highest BCUT2D eigenvalue weighted by Crippen LogP contribution is 2.23. The average Bonchev–Trinajstić information content (AvgIpc) is 2.82. The van der Waals surface area contributed by atoms with E-state index in [1.165, 1.54) is 18.4 Å². The van der Waals surface area contributed by atoms with Crippen LogP contribution in [0.25, 0.3) is 0 Å². The Hall–Kier alpha value is -1.60. The smallest absolute Gasteiger partial charge is 0.191 e. The normalized spacial score (nSPS) is 24.5. The molecule has 2 aliphatic rings. The molecule has 3 rings (SSSR count). The van der Waals surface area contributed by atoms with Gasteiger partial charge in [-0.1, -0.05) is 25.5 Å². The SMILES string of the molecule is CCS(=O)C1CCCC(NC(=NC)NCC2CCN(Cc3ccc(OC)cc3)CC2)C1. The Labute approximate surface area is 190 Å². The molecule has 0 amide bonds. The number of hydrogen-bond acceptors (Lipinski definition) is 4. The first kappa shape index (κ1) is 24.1. The maximum Gasteiger partial charge on any atom is 0.191 e. The van der Waals surface area contributed by atoms with E-state index in [1.807, 2.05) is 26.1 Å². The first-order valence-electron chi connectivity index (χ1n) is 11.8. The molecule has 3 unspecified atom stereocenters. The van der Waals surface area contributed by atoms with Crippen molar-refractivity contribution < 1.29 is 8.95 Å². The number of piperidine rings is 1. The van der Waals surface area contributed by atoms with Gasteiger partial charge in [0.1, 0.15) is 5.75 Å². The lowest BCUT2D eigenvalue weighted by atomic mass is 9.95. The van der Waals surface area contributed by atoms with E-state index >= 15 is 0 Å². The van der Waals surface area contributed by atoms with Crippen molar-refractivity contribution in [2.45, 2.75) is 63.3 Å². The lowest BCUT2D eigenvalue weighted by Crippen LogP contribution is -2.48. The number of rotatable bonds is 8. The third-order valence-corrected chi connectivity index (χ3v) is 8.42. The first-order chi connectivity index (χ1) is 15.1. The van der Waals surface area contributed by atoms with Crippen LogP contribution < -0.4 is 15.4 Å². The summed E-state index contributed by atoms with van der Waals surface area (Å²) in [5.41, 5.74) is 1.34. The van der Waals surface area contributed by atoms with E-state index in [2.05, 4.69) is 32.7 Å². The Kier molecular flexibility index (Phi) is 9.65. The summed E-state index contributed by atoms with van der Waals surface area (Å²) in [6, 6.07) is 8.78. The summed E-state index contributed by atoms with van der Waals surface area (Å²) in [5.74, 6) is 3.26. The predicted octanol–water partition coefficient (Wildman–Crippen LogP) is 3.15. The van der Waals surface area contributed by atoms with Gasteiger partial charge in [0.25, 0.3) is 0 Å². The zero-order valence-corrected chi connectivity index (χ0v) is 20.3. The van der Waals surface area contributed by atoms with Crippen LogP contribution in [0.4, 0.5) is 0 Å². The van der Waals surface area contributed by atoms with E-state index in [9.17, 15) is 4.21 Å². The van der Waals surface area contributed by atoms with Gasteiger partial charge in [-0.15, -0.1) is 0 Å². The van der Waals surface area contributed by atoms with Gasteiger partial charge in [-0.25, -0.2) is 0 Å². The van der Waals surface area contributed by atoms with Gasteiger partial charge < -0.3 is 15.4 Å². The van der Waals surface area contributed by atoms with Crippen molar-refractivity contribution in [2.75, 3.05) is 39.5 Å². The fourth-order valence-electron chi connectivity index (χ4n) is 4.72. The fraction of sp³-hybridized carbons (Fsp3) is 0.708. The zero-order valence-electron chi connectivity index (χ0n) is 19.4. The number of aliphatic imine (C=N–C) groups is 1. The molecule has 0 aromatic heterocycles. The maximum atomic E-state index is 12.2. The lowest BCUT2D eigenvalue weighted by Gasteiger charge is -2.33. The van der Waals surface area contributed by atoms with Gasteiger partial charge in [-0.3, -0.25) is 14.1 Å². The summed E-state index contributed by atoms with van der Waals surface area (Å²) >= 11 is 0. The minimum Gasteiger partial charge on any atom is -0.497 e. The van der Waals surface area contributed by atoms with Crippen LogP contribution in [-0.4, -0.2) is 65.9 Å². The van der Waals surface area contributed by atoms with Crippen molar-refractivity contribution >= 4 is 16.8 Å². The lowest BCUT2D eigenvalue weighted by molar-refractivity contribution is 0.178. The highest BCUT2D eigenvalue weighted by molar-refractivity contribution is 7.85. The van der Waals surface area contributed by atoms with E-state index in [0.29, 0.717) is 17.2 Å². The third kappa shape index (κ3) is 7.49. The van der Waals surface area contributed by atoms with Gasteiger partial charge in [0, 0.05) is 48.0 Å². The van der Waals surface area contributed by atoms with Gasteiger partial charge in [-0.2, -0.15) is 0 Å². The molecule has 7 heteroatoms. The molecule has 1 aromatic carbocycles. The molecule has 2 fully saturated rings. The van der Waals surface area contributed by atoms with Crippen LogP contribution in [0.5, 0.6) is 5.75 Å². The van der Waals surface area contributed by atoms with Crippen LogP contribution in [0.1, 0.15) is 51.0 Å². The summed E-state index contributed by atoms with van der Waals surface area (Å²) in [4.78, 5) is 6.98. The Morgan fingerprint density at radius 3 is 2.58 bits per heavy atom. The highest BCUT2D eigenvalue weighted by Gasteiger charge is 2.26. The standard InChI is InChI=1S/C24H40N4O2S/c1-4-31(29)23-7-5-6-21(16-23)27-24(25-2)26-17-19-12-14-28(15-13-19)18-20-8-10-22(30-3)11-9-20/h8-11,19,21,23H,4-7,12-18H2,1-3H3,(H2,25,26,27). The second-order valence-corrected chi connectivity index (χ2v) is 10.8. The molecule has 31 heavy (non-hydrogen) atoms. The Bertz CT molecular complexity index is 717. The zero-order chi connectivity index (χ0) is 22.1. The van der Waals surface area contributed by atoms with Gasteiger partial charge in [0.2, 0.25) is 0 Å². The summed E-state index contributed by atoms with van der Waals surface area (Å²) < 4.78 is 17.4. The summed E-state index contributed by atoms with van der Waals surface area (Å²) in [6.45, 7) is 6.27. The quantitative estimate of drug-likeness (QED) is 0.472. The second kappa shape index (κ2) is 12.4. The molecule has 1 saturated carbocycles. The molecule has 3 atom stereocenters. The van der Waals surface area contributed by atoms with Crippen molar-refractivity contribution in [1.29, 1.82) is 0 Å². The number of hydrogen-bond donors (Lipinski definition) is 2. The second-order valence-electron chi connectivity index (χ2n) is 8.82. The Morgan fingerprint density at radius 1 is 1.19 bits per heavy atom. The van der Waals surface area contributed by atoms with Crippen molar-refractivity contribution in [3.8, 4) is 5.75 Å². The van der Waals surface area contributed by atoms with Gasteiger partial charge in [0.15, 0.2) is 5.96 Å². The maximum absolute atomic E-state index is 12.2. The summed E-state index contributed by atoms with van der Waals surface area (Å²) in [5, 5.41) is 7.48. The molecule has 1 heterocycles. The number of guanidine groups is 1. The fourth-order valence-corrected chi connectivity index (χ4v) is 6.07. The van der Waals surface area contributed by atoms with Gasteiger partial charge >= 0.3 is 0 Å². The van der Waals surface area contributed by atoms with E-state index in [1.54, 1.807) is 7.11 Å². The minimum absolute atomic E-state index is 0.337. The average molecular weight is 449 g/mol. The van der Waals surface area contributed by atoms with Crippen LogP contribution in [-0.2, 0) is 17.3 Å². The molecule has 1 aliphatic carbocycles. The van der Waals surface area contributed by atoms with Gasteiger partial charge in [-0.05, 0) is 68.8 Å². The Balaban J connectivity index is 1.37.